The monoisotopic (exact) mass is 374 g/mol. The molecule has 1 aliphatic heterocycles. The van der Waals surface area contributed by atoms with E-state index in [1.54, 1.807) is 41.4 Å². The Morgan fingerprint density at radius 3 is 2.65 bits per heavy atom. The molecule has 1 fully saturated rings. The number of rotatable bonds is 5. The standard InChI is InChI=1S/C18H19ClN4O3/c1-26-16-3-2-14(11-15(16)19)21-18(25)13-4-5-20-17(10-13)23-8-6-22(12-24)7-9-23/h2-5,10-12H,6-9H2,1H3,(H,21,25). The van der Waals surface area contributed by atoms with Crippen LogP contribution >= 0.6 is 11.6 Å². The summed E-state index contributed by atoms with van der Waals surface area (Å²) in [7, 11) is 1.53. The van der Waals surface area contributed by atoms with Crippen LogP contribution in [0.15, 0.2) is 36.5 Å². The van der Waals surface area contributed by atoms with Gasteiger partial charge in [-0.3, -0.25) is 9.59 Å². The maximum absolute atomic E-state index is 12.5. The van der Waals surface area contributed by atoms with Gasteiger partial charge in [0.15, 0.2) is 0 Å². The lowest BCUT2D eigenvalue weighted by atomic mass is 10.2. The van der Waals surface area contributed by atoms with Gasteiger partial charge < -0.3 is 19.9 Å². The van der Waals surface area contributed by atoms with Gasteiger partial charge in [0.2, 0.25) is 6.41 Å². The molecule has 1 aliphatic rings. The molecule has 2 aromatic rings. The summed E-state index contributed by atoms with van der Waals surface area (Å²) in [5, 5.41) is 3.24. The van der Waals surface area contributed by atoms with Crippen molar-refractivity contribution in [3.05, 3.63) is 47.1 Å². The molecule has 1 aromatic heterocycles. The number of amides is 2. The zero-order valence-electron chi connectivity index (χ0n) is 14.3. The topological polar surface area (TPSA) is 74.8 Å². The molecule has 0 aliphatic carbocycles. The SMILES string of the molecule is COc1ccc(NC(=O)c2ccnc(N3CCN(C=O)CC3)c2)cc1Cl. The Balaban J connectivity index is 1.70. The third-order valence-corrected chi connectivity index (χ3v) is 4.50. The molecular formula is C18H19ClN4O3. The first kappa shape index (κ1) is 18.0. The predicted octanol–water partition coefficient (Wildman–Crippen LogP) is 2.27. The van der Waals surface area contributed by atoms with E-state index in [1.165, 1.54) is 7.11 Å². The second-order valence-electron chi connectivity index (χ2n) is 5.83. The fourth-order valence-electron chi connectivity index (χ4n) is 2.74. The summed E-state index contributed by atoms with van der Waals surface area (Å²) in [5.74, 6) is 1.02. The summed E-state index contributed by atoms with van der Waals surface area (Å²) in [4.78, 5) is 31.5. The van der Waals surface area contributed by atoms with Gasteiger partial charge in [-0.05, 0) is 30.3 Å². The van der Waals surface area contributed by atoms with Crippen molar-refractivity contribution in [3.8, 4) is 5.75 Å². The zero-order valence-corrected chi connectivity index (χ0v) is 15.1. The molecule has 1 aromatic carbocycles. The number of hydrogen-bond acceptors (Lipinski definition) is 5. The molecule has 0 radical (unpaired) electrons. The number of nitrogens with one attached hydrogen (secondary N) is 1. The largest absolute Gasteiger partial charge is 0.495 e. The van der Waals surface area contributed by atoms with Gasteiger partial charge in [-0.2, -0.15) is 0 Å². The second-order valence-corrected chi connectivity index (χ2v) is 6.24. The quantitative estimate of drug-likeness (QED) is 0.813. The van der Waals surface area contributed by atoms with Crippen LogP contribution in [0.5, 0.6) is 5.75 Å². The number of pyridine rings is 1. The van der Waals surface area contributed by atoms with Crippen LogP contribution in [0.4, 0.5) is 11.5 Å². The molecule has 1 N–H and O–H groups in total. The van der Waals surface area contributed by atoms with E-state index in [2.05, 4.69) is 15.2 Å². The minimum atomic E-state index is -0.249. The molecule has 0 saturated carbocycles. The fourth-order valence-corrected chi connectivity index (χ4v) is 2.99. The number of carbonyl (C=O) groups excluding carboxylic acids is 2. The number of methoxy groups -OCH3 is 1. The van der Waals surface area contributed by atoms with Gasteiger partial charge in [-0.15, -0.1) is 0 Å². The third-order valence-electron chi connectivity index (χ3n) is 4.20. The Bertz CT molecular complexity index is 807. The Kier molecular flexibility index (Phi) is 5.58. The number of ether oxygens (including phenoxy) is 1. The lowest BCUT2D eigenvalue weighted by Crippen LogP contribution is -2.46. The summed E-state index contributed by atoms with van der Waals surface area (Å²) in [6, 6.07) is 8.47. The van der Waals surface area contributed by atoms with Crippen LogP contribution in [0.1, 0.15) is 10.4 Å². The maximum atomic E-state index is 12.5. The summed E-state index contributed by atoms with van der Waals surface area (Å²) in [6.45, 7) is 2.66. The van der Waals surface area contributed by atoms with Gasteiger partial charge >= 0.3 is 0 Å². The highest BCUT2D eigenvalue weighted by Gasteiger charge is 2.18. The van der Waals surface area contributed by atoms with Crippen molar-refractivity contribution in [1.29, 1.82) is 0 Å². The number of aromatic nitrogens is 1. The van der Waals surface area contributed by atoms with Gasteiger partial charge in [-0.1, -0.05) is 11.6 Å². The van der Waals surface area contributed by atoms with Crippen molar-refractivity contribution in [2.75, 3.05) is 43.5 Å². The van der Waals surface area contributed by atoms with E-state index >= 15 is 0 Å². The maximum Gasteiger partial charge on any atom is 0.255 e. The van der Waals surface area contributed by atoms with Gasteiger partial charge in [0.25, 0.3) is 5.91 Å². The highest BCUT2D eigenvalue weighted by atomic mass is 35.5. The Morgan fingerprint density at radius 2 is 2.00 bits per heavy atom. The summed E-state index contributed by atoms with van der Waals surface area (Å²) < 4.78 is 5.10. The van der Waals surface area contributed by atoms with Crippen LogP contribution in [-0.4, -0.2) is 55.5 Å². The van der Waals surface area contributed by atoms with E-state index in [-0.39, 0.29) is 5.91 Å². The van der Waals surface area contributed by atoms with E-state index in [0.29, 0.717) is 48.2 Å². The highest BCUT2D eigenvalue weighted by molar-refractivity contribution is 6.32. The van der Waals surface area contributed by atoms with Crippen LogP contribution in [0.2, 0.25) is 5.02 Å². The van der Waals surface area contributed by atoms with Gasteiger partial charge in [0, 0.05) is 43.6 Å². The van der Waals surface area contributed by atoms with E-state index in [4.69, 9.17) is 16.3 Å². The summed E-state index contributed by atoms with van der Waals surface area (Å²) >= 11 is 6.09. The Hall–Kier alpha value is -2.80. The van der Waals surface area contributed by atoms with Crippen LogP contribution in [0, 0.1) is 0 Å². The number of nitrogens with zero attached hydrogens (tertiary/aromatic N) is 3. The molecule has 136 valence electrons. The number of benzene rings is 1. The predicted molar refractivity (Wildman–Crippen MR) is 100 cm³/mol. The highest BCUT2D eigenvalue weighted by Crippen LogP contribution is 2.27. The number of anilines is 2. The number of piperazine rings is 1. The van der Waals surface area contributed by atoms with E-state index in [1.807, 2.05) is 0 Å². The third kappa shape index (κ3) is 4.05. The van der Waals surface area contributed by atoms with Crippen LogP contribution in [0.3, 0.4) is 0 Å². The van der Waals surface area contributed by atoms with Crippen molar-refractivity contribution >= 4 is 35.4 Å². The fraction of sp³-hybridized carbons (Fsp3) is 0.278. The van der Waals surface area contributed by atoms with E-state index in [9.17, 15) is 9.59 Å². The molecule has 0 atom stereocenters. The molecule has 0 bridgehead atoms. The van der Waals surface area contributed by atoms with Crippen LogP contribution in [-0.2, 0) is 4.79 Å². The first-order valence-corrected chi connectivity index (χ1v) is 8.54. The lowest BCUT2D eigenvalue weighted by molar-refractivity contribution is -0.118. The van der Waals surface area contributed by atoms with Crippen molar-refractivity contribution in [1.82, 2.24) is 9.88 Å². The molecular weight excluding hydrogens is 356 g/mol. The number of halogens is 1. The first-order valence-electron chi connectivity index (χ1n) is 8.16. The van der Waals surface area contributed by atoms with Crippen LogP contribution in [0.25, 0.3) is 0 Å². The van der Waals surface area contributed by atoms with Crippen molar-refractivity contribution in [3.63, 3.8) is 0 Å². The summed E-state index contributed by atoms with van der Waals surface area (Å²) in [6.07, 6.45) is 2.46. The summed E-state index contributed by atoms with van der Waals surface area (Å²) in [5.41, 5.74) is 1.08. The molecule has 2 heterocycles. The van der Waals surface area contributed by atoms with Crippen molar-refractivity contribution in [2.45, 2.75) is 0 Å². The number of carbonyl (C=O) groups is 2. The lowest BCUT2D eigenvalue weighted by Gasteiger charge is -2.33. The molecule has 26 heavy (non-hydrogen) atoms. The van der Waals surface area contributed by atoms with Gasteiger partial charge in [-0.25, -0.2) is 4.98 Å². The molecule has 8 heteroatoms. The first-order chi connectivity index (χ1) is 12.6. The van der Waals surface area contributed by atoms with Crippen molar-refractivity contribution < 1.29 is 14.3 Å². The Morgan fingerprint density at radius 1 is 1.23 bits per heavy atom. The molecule has 0 unspecified atom stereocenters. The number of hydrogen-bond donors (Lipinski definition) is 1. The smallest absolute Gasteiger partial charge is 0.255 e. The average molecular weight is 375 g/mol. The minimum absolute atomic E-state index is 0.249. The van der Waals surface area contributed by atoms with E-state index in [0.717, 1.165) is 12.2 Å². The van der Waals surface area contributed by atoms with Crippen molar-refractivity contribution in [2.24, 2.45) is 0 Å². The minimum Gasteiger partial charge on any atom is -0.495 e. The molecule has 3 rings (SSSR count). The zero-order chi connectivity index (χ0) is 18.5. The average Bonchev–Trinajstić information content (AvgIpc) is 2.68. The molecule has 0 spiro atoms. The van der Waals surface area contributed by atoms with E-state index < -0.39 is 0 Å². The molecule has 1 saturated heterocycles. The normalized spacial score (nSPS) is 14.1. The van der Waals surface area contributed by atoms with Gasteiger partial charge in [0.05, 0.1) is 12.1 Å². The Labute approximate surface area is 156 Å². The van der Waals surface area contributed by atoms with Crippen LogP contribution < -0.4 is 15.0 Å². The molecule has 7 nitrogen and oxygen atoms in total. The molecule has 2 amide bonds. The second kappa shape index (κ2) is 8.05. The van der Waals surface area contributed by atoms with Gasteiger partial charge in [0.1, 0.15) is 11.6 Å².